The normalized spacial score (nSPS) is 11.6. The molecular formula is C15H17NO3S. The Labute approximate surface area is 119 Å². The van der Waals surface area contributed by atoms with Crippen molar-refractivity contribution in [1.29, 1.82) is 0 Å². The molecule has 0 spiro atoms. The van der Waals surface area contributed by atoms with E-state index >= 15 is 0 Å². The molecule has 0 heterocycles. The molecule has 0 aromatic heterocycles. The van der Waals surface area contributed by atoms with Gasteiger partial charge in [-0.1, -0.05) is 32.0 Å². The number of rotatable bonds is 4. The monoisotopic (exact) mass is 291 g/mol. The number of hydrogen-bond acceptors (Lipinski definition) is 3. The minimum atomic E-state index is -3.65. The van der Waals surface area contributed by atoms with Crippen LogP contribution in [0.3, 0.4) is 0 Å². The third-order valence-electron chi connectivity index (χ3n) is 2.97. The smallest absolute Gasteiger partial charge is 0.261 e. The Kier molecular flexibility index (Phi) is 3.99. The Bertz CT molecular complexity index is 691. The van der Waals surface area contributed by atoms with E-state index in [9.17, 15) is 13.5 Å². The zero-order valence-corrected chi connectivity index (χ0v) is 12.2. The van der Waals surface area contributed by atoms with Gasteiger partial charge in [-0.05, 0) is 41.8 Å². The number of hydrogen-bond donors (Lipinski definition) is 2. The maximum Gasteiger partial charge on any atom is 0.261 e. The lowest BCUT2D eigenvalue weighted by atomic mass is 10.0. The van der Waals surface area contributed by atoms with Gasteiger partial charge in [0.25, 0.3) is 10.0 Å². The fourth-order valence-corrected chi connectivity index (χ4v) is 3.01. The SMILES string of the molecule is CC(C)c1ccccc1NS(=O)(=O)c1ccc(O)cc1. The lowest BCUT2D eigenvalue weighted by molar-refractivity contribution is 0.475. The third kappa shape index (κ3) is 3.11. The molecule has 0 amide bonds. The van der Waals surface area contributed by atoms with Crippen LogP contribution in [0.1, 0.15) is 25.3 Å². The number of para-hydroxylation sites is 1. The highest BCUT2D eigenvalue weighted by molar-refractivity contribution is 7.92. The maximum absolute atomic E-state index is 12.3. The topological polar surface area (TPSA) is 66.4 Å². The highest BCUT2D eigenvalue weighted by atomic mass is 32.2. The Morgan fingerprint density at radius 1 is 1.00 bits per heavy atom. The van der Waals surface area contributed by atoms with Crippen molar-refractivity contribution >= 4 is 15.7 Å². The molecule has 106 valence electrons. The van der Waals surface area contributed by atoms with Gasteiger partial charge >= 0.3 is 0 Å². The van der Waals surface area contributed by atoms with Gasteiger partial charge in [0, 0.05) is 0 Å². The average molecular weight is 291 g/mol. The molecule has 2 rings (SSSR count). The number of sulfonamides is 1. The Balaban J connectivity index is 2.36. The highest BCUT2D eigenvalue weighted by Crippen LogP contribution is 2.26. The van der Waals surface area contributed by atoms with Gasteiger partial charge in [-0.2, -0.15) is 0 Å². The molecule has 0 unspecified atom stereocenters. The molecule has 0 fully saturated rings. The van der Waals surface area contributed by atoms with Crippen LogP contribution in [0, 0.1) is 0 Å². The van der Waals surface area contributed by atoms with Gasteiger partial charge in [0.2, 0.25) is 0 Å². The van der Waals surface area contributed by atoms with Crippen LogP contribution in [-0.2, 0) is 10.0 Å². The molecule has 0 aliphatic carbocycles. The second-order valence-corrected chi connectivity index (χ2v) is 6.52. The fourth-order valence-electron chi connectivity index (χ4n) is 1.92. The fraction of sp³-hybridized carbons (Fsp3) is 0.200. The van der Waals surface area contributed by atoms with E-state index in [2.05, 4.69) is 4.72 Å². The molecule has 0 saturated carbocycles. The van der Waals surface area contributed by atoms with E-state index in [-0.39, 0.29) is 16.6 Å². The van der Waals surface area contributed by atoms with Crippen LogP contribution in [0.4, 0.5) is 5.69 Å². The van der Waals surface area contributed by atoms with Gasteiger partial charge in [0.15, 0.2) is 0 Å². The van der Waals surface area contributed by atoms with Crippen molar-refractivity contribution in [3.8, 4) is 5.75 Å². The summed E-state index contributed by atoms with van der Waals surface area (Å²) in [4.78, 5) is 0.119. The van der Waals surface area contributed by atoms with E-state index < -0.39 is 10.0 Å². The van der Waals surface area contributed by atoms with Gasteiger partial charge in [-0.15, -0.1) is 0 Å². The van der Waals surface area contributed by atoms with Crippen molar-refractivity contribution in [3.05, 3.63) is 54.1 Å². The summed E-state index contributed by atoms with van der Waals surface area (Å²) in [5.74, 6) is 0.250. The number of benzene rings is 2. The zero-order valence-electron chi connectivity index (χ0n) is 11.4. The van der Waals surface area contributed by atoms with E-state index in [1.807, 2.05) is 26.0 Å². The van der Waals surface area contributed by atoms with Crippen molar-refractivity contribution in [2.24, 2.45) is 0 Å². The van der Waals surface area contributed by atoms with Gasteiger partial charge < -0.3 is 5.11 Å². The van der Waals surface area contributed by atoms with Crippen molar-refractivity contribution < 1.29 is 13.5 Å². The summed E-state index contributed by atoms with van der Waals surface area (Å²) in [6.07, 6.45) is 0. The summed E-state index contributed by atoms with van der Waals surface area (Å²) < 4.78 is 27.2. The standard InChI is InChI=1S/C15H17NO3S/c1-11(2)14-5-3-4-6-15(14)16-20(18,19)13-9-7-12(17)8-10-13/h3-11,16-17H,1-2H3. The van der Waals surface area contributed by atoms with Gasteiger partial charge in [-0.3, -0.25) is 4.72 Å². The van der Waals surface area contributed by atoms with Crippen LogP contribution < -0.4 is 4.72 Å². The van der Waals surface area contributed by atoms with E-state index in [4.69, 9.17) is 0 Å². The minimum Gasteiger partial charge on any atom is -0.508 e. The molecule has 2 aromatic carbocycles. The number of nitrogens with one attached hydrogen (secondary N) is 1. The van der Waals surface area contributed by atoms with Crippen LogP contribution in [0.2, 0.25) is 0 Å². The molecule has 0 aliphatic rings. The number of aromatic hydroxyl groups is 1. The van der Waals surface area contributed by atoms with E-state index in [1.165, 1.54) is 24.3 Å². The molecule has 0 aliphatic heterocycles. The van der Waals surface area contributed by atoms with Crippen molar-refractivity contribution in [1.82, 2.24) is 0 Å². The summed E-state index contributed by atoms with van der Waals surface area (Å²) in [5, 5.41) is 9.21. The predicted octanol–water partition coefficient (Wildman–Crippen LogP) is 3.32. The maximum atomic E-state index is 12.3. The quantitative estimate of drug-likeness (QED) is 0.908. The largest absolute Gasteiger partial charge is 0.508 e. The van der Waals surface area contributed by atoms with E-state index in [0.717, 1.165) is 5.56 Å². The molecule has 2 N–H and O–H groups in total. The van der Waals surface area contributed by atoms with Gasteiger partial charge in [0.05, 0.1) is 10.6 Å². The van der Waals surface area contributed by atoms with Crippen molar-refractivity contribution in [2.75, 3.05) is 4.72 Å². The molecule has 0 radical (unpaired) electrons. The molecule has 4 nitrogen and oxygen atoms in total. The van der Waals surface area contributed by atoms with Crippen molar-refractivity contribution in [3.63, 3.8) is 0 Å². The first-order valence-electron chi connectivity index (χ1n) is 6.31. The summed E-state index contributed by atoms with van der Waals surface area (Å²) in [6.45, 7) is 4.02. The molecule has 0 atom stereocenters. The Morgan fingerprint density at radius 2 is 1.60 bits per heavy atom. The lowest BCUT2D eigenvalue weighted by Crippen LogP contribution is -2.14. The zero-order chi connectivity index (χ0) is 14.8. The van der Waals surface area contributed by atoms with Gasteiger partial charge in [-0.25, -0.2) is 8.42 Å². The Morgan fingerprint density at radius 3 is 2.20 bits per heavy atom. The van der Waals surface area contributed by atoms with E-state index in [0.29, 0.717) is 5.69 Å². The number of anilines is 1. The van der Waals surface area contributed by atoms with Crippen LogP contribution in [-0.4, -0.2) is 13.5 Å². The summed E-state index contributed by atoms with van der Waals surface area (Å²) >= 11 is 0. The van der Waals surface area contributed by atoms with Gasteiger partial charge in [0.1, 0.15) is 5.75 Å². The lowest BCUT2D eigenvalue weighted by Gasteiger charge is -2.14. The third-order valence-corrected chi connectivity index (χ3v) is 4.36. The first-order chi connectivity index (χ1) is 9.40. The number of phenols is 1. The van der Waals surface area contributed by atoms with Crippen LogP contribution in [0.15, 0.2) is 53.4 Å². The summed E-state index contributed by atoms with van der Waals surface area (Å²) in [5.41, 5.74) is 1.52. The minimum absolute atomic E-state index is 0.0338. The molecule has 2 aromatic rings. The summed E-state index contributed by atoms with van der Waals surface area (Å²) in [6, 6.07) is 12.8. The first-order valence-corrected chi connectivity index (χ1v) is 7.79. The van der Waals surface area contributed by atoms with Crippen molar-refractivity contribution in [2.45, 2.75) is 24.7 Å². The molecule has 0 saturated heterocycles. The predicted molar refractivity (Wildman–Crippen MR) is 79.4 cm³/mol. The molecule has 5 heteroatoms. The first kappa shape index (κ1) is 14.4. The second kappa shape index (κ2) is 5.54. The number of phenolic OH excluding ortho intramolecular Hbond substituents is 1. The Hall–Kier alpha value is -2.01. The average Bonchev–Trinajstić information content (AvgIpc) is 2.39. The van der Waals surface area contributed by atoms with Crippen LogP contribution in [0.25, 0.3) is 0 Å². The van der Waals surface area contributed by atoms with Crippen LogP contribution in [0.5, 0.6) is 5.75 Å². The van der Waals surface area contributed by atoms with E-state index in [1.54, 1.807) is 12.1 Å². The molecular weight excluding hydrogens is 274 g/mol. The highest BCUT2D eigenvalue weighted by Gasteiger charge is 2.16. The second-order valence-electron chi connectivity index (χ2n) is 4.84. The molecule has 20 heavy (non-hydrogen) atoms. The van der Waals surface area contributed by atoms with Crippen LogP contribution >= 0.6 is 0 Å². The molecule has 0 bridgehead atoms. The summed E-state index contributed by atoms with van der Waals surface area (Å²) in [7, 11) is -3.65.